The molecule has 1 aromatic carbocycles. The lowest BCUT2D eigenvalue weighted by atomic mass is 9.95. The highest BCUT2D eigenvalue weighted by Crippen LogP contribution is 2.21. The number of amides is 2. The number of aryl methyl sites for hydroxylation is 1. The molecular weight excluding hydrogens is 328 g/mol. The zero-order valence-electron chi connectivity index (χ0n) is 14.9. The SMILES string of the molecule is Cc1ccc(NC(=O)C2CCN(C(=O)c3ccc(CN)cc3)CC2)nc1. The van der Waals surface area contributed by atoms with Gasteiger partial charge in [-0.05, 0) is 49.1 Å². The zero-order valence-corrected chi connectivity index (χ0v) is 14.9. The van der Waals surface area contributed by atoms with Gasteiger partial charge in [-0.3, -0.25) is 9.59 Å². The summed E-state index contributed by atoms with van der Waals surface area (Å²) in [5.74, 6) is 0.453. The van der Waals surface area contributed by atoms with Crippen LogP contribution in [0.4, 0.5) is 5.82 Å². The molecule has 0 unspecified atom stereocenters. The fourth-order valence-corrected chi connectivity index (χ4v) is 3.08. The molecule has 1 fully saturated rings. The minimum atomic E-state index is -0.0956. The number of anilines is 1. The van der Waals surface area contributed by atoms with Crippen LogP contribution in [0.2, 0.25) is 0 Å². The van der Waals surface area contributed by atoms with Crippen molar-refractivity contribution in [3.63, 3.8) is 0 Å². The van der Waals surface area contributed by atoms with E-state index in [2.05, 4.69) is 10.3 Å². The second kappa shape index (κ2) is 8.10. The number of hydrogen-bond donors (Lipinski definition) is 2. The van der Waals surface area contributed by atoms with Crippen molar-refractivity contribution < 1.29 is 9.59 Å². The Hall–Kier alpha value is -2.73. The molecule has 2 heterocycles. The molecule has 0 atom stereocenters. The number of pyridine rings is 1. The van der Waals surface area contributed by atoms with Crippen molar-refractivity contribution in [1.29, 1.82) is 0 Å². The van der Waals surface area contributed by atoms with Crippen LogP contribution in [-0.4, -0.2) is 34.8 Å². The number of likely N-dealkylation sites (tertiary alicyclic amines) is 1. The summed E-state index contributed by atoms with van der Waals surface area (Å²) in [6, 6.07) is 11.1. The molecule has 0 spiro atoms. The van der Waals surface area contributed by atoms with Crippen molar-refractivity contribution in [2.45, 2.75) is 26.3 Å². The molecule has 2 amide bonds. The molecule has 1 aromatic heterocycles. The van der Waals surface area contributed by atoms with E-state index in [1.54, 1.807) is 12.3 Å². The van der Waals surface area contributed by atoms with Crippen LogP contribution in [0.25, 0.3) is 0 Å². The molecule has 1 saturated heterocycles. The average Bonchev–Trinajstić information content (AvgIpc) is 2.69. The Bertz CT molecular complexity index is 763. The second-order valence-electron chi connectivity index (χ2n) is 6.68. The molecule has 6 heteroatoms. The van der Waals surface area contributed by atoms with E-state index in [0.717, 1.165) is 11.1 Å². The number of piperidine rings is 1. The van der Waals surface area contributed by atoms with Gasteiger partial charge in [0.15, 0.2) is 0 Å². The van der Waals surface area contributed by atoms with E-state index in [0.29, 0.717) is 43.9 Å². The Morgan fingerprint density at radius 1 is 1.15 bits per heavy atom. The van der Waals surface area contributed by atoms with Crippen LogP contribution in [0.3, 0.4) is 0 Å². The summed E-state index contributed by atoms with van der Waals surface area (Å²) in [5, 5.41) is 2.86. The Kier molecular flexibility index (Phi) is 5.63. The number of nitrogens with zero attached hydrogens (tertiary/aromatic N) is 2. The monoisotopic (exact) mass is 352 g/mol. The van der Waals surface area contributed by atoms with E-state index < -0.39 is 0 Å². The molecule has 2 aromatic rings. The van der Waals surface area contributed by atoms with Crippen LogP contribution >= 0.6 is 0 Å². The maximum absolute atomic E-state index is 12.6. The van der Waals surface area contributed by atoms with E-state index >= 15 is 0 Å². The first-order chi connectivity index (χ1) is 12.6. The number of carbonyl (C=O) groups is 2. The standard InChI is InChI=1S/C20H24N4O2/c1-14-2-7-18(22-13-14)23-19(25)16-8-10-24(11-9-16)20(26)17-5-3-15(12-21)4-6-17/h2-7,13,16H,8-12,21H2,1H3,(H,22,23,25). The zero-order chi connectivity index (χ0) is 18.5. The summed E-state index contributed by atoms with van der Waals surface area (Å²) in [6.07, 6.45) is 3.04. The van der Waals surface area contributed by atoms with Crippen LogP contribution < -0.4 is 11.1 Å². The van der Waals surface area contributed by atoms with E-state index in [9.17, 15) is 9.59 Å². The van der Waals surface area contributed by atoms with Gasteiger partial charge in [0.05, 0.1) is 0 Å². The smallest absolute Gasteiger partial charge is 0.253 e. The summed E-state index contributed by atoms with van der Waals surface area (Å²) < 4.78 is 0. The number of benzene rings is 1. The lowest BCUT2D eigenvalue weighted by Gasteiger charge is -2.31. The molecule has 0 saturated carbocycles. The fourth-order valence-electron chi connectivity index (χ4n) is 3.08. The highest BCUT2D eigenvalue weighted by molar-refractivity contribution is 5.95. The van der Waals surface area contributed by atoms with Crippen molar-refractivity contribution in [3.8, 4) is 0 Å². The third-order valence-corrected chi connectivity index (χ3v) is 4.75. The average molecular weight is 352 g/mol. The van der Waals surface area contributed by atoms with Crippen LogP contribution in [0.15, 0.2) is 42.6 Å². The molecule has 0 aliphatic carbocycles. The molecule has 1 aliphatic heterocycles. The number of rotatable bonds is 4. The van der Waals surface area contributed by atoms with Gasteiger partial charge in [0, 0.05) is 37.3 Å². The van der Waals surface area contributed by atoms with Gasteiger partial charge in [-0.15, -0.1) is 0 Å². The van der Waals surface area contributed by atoms with Crippen LogP contribution in [0.5, 0.6) is 0 Å². The Morgan fingerprint density at radius 2 is 1.85 bits per heavy atom. The van der Waals surface area contributed by atoms with Crippen molar-refractivity contribution in [3.05, 3.63) is 59.3 Å². The minimum absolute atomic E-state index is 0.00707. The number of hydrogen-bond acceptors (Lipinski definition) is 4. The Labute approximate surface area is 153 Å². The van der Waals surface area contributed by atoms with E-state index in [4.69, 9.17) is 5.73 Å². The van der Waals surface area contributed by atoms with Gasteiger partial charge in [-0.1, -0.05) is 18.2 Å². The fraction of sp³-hybridized carbons (Fsp3) is 0.350. The van der Waals surface area contributed by atoms with Gasteiger partial charge in [0.1, 0.15) is 5.82 Å². The number of nitrogens with one attached hydrogen (secondary N) is 1. The van der Waals surface area contributed by atoms with Crippen LogP contribution in [-0.2, 0) is 11.3 Å². The van der Waals surface area contributed by atoms with Gasteiger partial charge in [-0.25, -0.2) is 4.98 Å². The highest BCUT2D eigenvalue weighted by atomic mass is 16.2. The lowest BCUT2D eigenvalue weighted by Crippen LogP contribution is -2.41. The lowest BCUT2D eigenvalue weighted by molar-refractivity contribution is -0.121. The first kappa shape index (κ1) is 18.1. The normalized spacial score (nSPS) is 14.9. The van der Waals surface area contributed by atoms with Crippen molar-refractivity contribution in [2.24, 2.45) is 11.7 Å². The van der Waals surface area contributed by atoms with E-state index in [-0.39, 0.29) is 17.7 Å². The first-order valence-electron chi connectivity index (χ1n) is 8.88. The molecule has 136 valence electrons. The Balaban J connectivity index is 1.53. The largest absolute Gasteiger partial charge is 0.339 e. The van der Waals surface area contributed by atoms with Gasteiger partial charge >= 0.3 is 0 Å². The quantitative estimate of drug-likeness (QED) is 0.884. The van der Waals surface area contributed by atoms with Crippen molar-refractivity contribution in [1.82, 2.24) is 9.88 Å². The summed E-state index contributed by atoms with van der Waals surface area (Å²) in [4.78, 5) is 31.0. The molecule has 0 bridgehead atoms. The van der Waals surface area contributed by atoms with Gasteiger partial charge < -0.3 is 16.0 Å². The molecule has 26 heavy (non-hydrogen) atoms. The number of aromatic nitrogens is 1. The molecule has 3 rings (SSSR count). The predicted molar refractivity (Wildman–Crippen MR) is 101 cm³/mol. The topological polar surface area (TPSA) is 88.3 Å². The summed E-state index contributed by atoms with van der Waals surface area (Å²) in [7, 11) is 0. The minimum Gasteiger partial charge on any atom is -0.339 e. The second-order valence-corrected chi connectivity index (χ2v) is 6.68. The van der Waals surface area contributed by atoms with Gasteiger partial charge in [0.25, 0.3) is 5.91 Å². The third kappa shape index (κ3) is 4.26. The maximum atomic E-state index is 12.6. The van der Waals surface area contributed by atoms with E-state index in [1.807, 2.05) is 42.2 Å². The Morgan fingerprint density at radius 3 is 2.42 bits per heavy atom. The van der Waals surface area contributed by atoms with Gasteiger partial charge in [0.2, 0.25) is 5.91 Å². The summed E-state index contributed by atoms with van der Waals surface area (Å²) in [5.41, 5.74) is 8.30. The highest BCUT2D eigenvalue weighted by Gasteiger charge is 2.28. The van der Waals surface area contributed by atoms with Crippen LogP contribution in [0.1, 0.15) is 34.3 Å². The van der Waals surface area contributed by atoms with Crippen molar-refractivity contribution in [2.75, 3.05) is 18.4 Å². The summed E-state index contributed by atoms with van der Waals surface area (Å²) >= 11 is 0. The summed E-state index contributed by atoms with van der Waals surface area (Å²) in [6.45, 7) is 3.58. The predicted octanol–water partition coefficient (Wildman–Crippen LogP) is 2.34. The maximum Gasteiger partial charge on any atom is 0.253 e. The number of carbonyl (C=O) groups excluding carboxylic acids is 2. The van der Waals surface area contributed by atoms with Crippen molar-refractivity contribution >= 4 is 17.6 Å². The molecule has 3 N–H and O–H groups in total. The third-order valence-electron chi connectivity index (χ3n) is 4.75. The molecular formula is C20H24N4O2. The molecule has 6 nitrogen and oxygen atoms in total. The first-order valence-corrected chi connectivity index (χ1v) is 8.88. The molecule has 1 aliphatic rings. The van der Waals surface area contributed by atoms with Gasteiger partial charge in [-0.2, -0.15) is 0 Å². The number of nitrogens with two attached hydrogens (primary N) is 1. The van der Waals surface area contributed by atoms with E-state index in [1.165, 1.54) is 0 Å². The van der Waals surface area contributed by atoms with Crippen LogP contribution in [0, 0.1) is 12.8 Å². The molecule has 0 radical (unpaired) electrons.